The van der Waals surface area contributed by atoms with E-state index in [9.17, 15) is 4.79 Å². The van der Waals surface area contributed by atoms with Crippen LogP contribution in [0, 0.1) is 0 Å². The Morgan fingerprint density at radius 3 is 2.71 bits per heavy atom. The van der Waals surface area contributed by atoms with Crippen molar-refractivity contribution in [2.45, 2.75) is 57.9 Å². The third kappa shape index (κ3) is 3.03. The van der Waals surface area contributed by atoms with Crippen LogP contribution in [0.25, 0.3) is 0 Å². The largest absolute Gasteiger partial charge is 0.349 e. The van der Waals surface area contributed by atoms with Crippen molar-refractivity contribution >= 4 is 17.4 Å². The van der Waals surface area contributed by atoms with E-state index in [0.29, 0.717) is 10.9 Å². The average Bonchev–Trinajstić information content (AvgIpc) is 2.79. The molecule has 1 fully saturated rings. The van der Waals surface area contributed by atoms with Crippen molar-refractivity contribution in [2.24, 2.45) is 0 Å². The molecule has 1 aliphatic rings. The van der Waals surface area contributed by atoms with Gasteiger partial charge in [-0.05, 0) is 30.3 Å². The smallest absolute Gasteiger partial charge is 0.265 e. The fourth-order valence-electron chi connectivity index (χ4n) is 2.23. The molecule has 0 aliphatic heterocycles. The first-order valence-electron chi connectivity index (χ1n) is 6.31. The average molecular weight is 253 g/mol. The lowest BCUT2D eigenvalue weighted by molar-refractivity contribution is 0.0930. The predicted octanol–water partition coefficient (Wildman–Crippen LogP) is 2.72. The van der Waals surface area contributed by atoms with Crippen LogP contribution in [0.3, 0.4) is 0 Å². The monoisotopic (exact) mass is 253 g/mol. The van der Waals surface area contributed by atoms with Gasteiger partial charge in [0.15, 0.2) is 0 Å². The summed E-state index contributed by atoms with van der Waals surface area (Å²) in [4.78, 5) is 12.8. The van der Waals surface area contributed by atoms with E-state index in [1.807, 2.05) is 13.8 Å². The second-order valence-electron chi connectivity index (χ2n) is 4.95. The van der Waals surface area contributed by atoms with Gasteiger partial charge in [-0.25, -0.2) is 0 Å². The first kappa shape index (κ1) is 12.5. The van der Waals surface area contributed by atoms with Gasteiger partial charge in [-0.3, -0.25) is 4.79 Å². The maximum Gasteiger partial charge on any atom is 0.265 e. The number of carbonyl (C=O) groups excluding carboxylic acids is 1. The summed E-state index contributed by atoms with van der Waals surface area (Å²) < 4.78 is 3.89. The zero-order valence-electron chi connectivity index (χ0n) is 10.4. The Bertz CT molecular complexity index is 383. The van der Waals surface area contributed by atoms with Crippen molar-refractivity contribution in [3.8, 4) is 0 Å². The van der Waals surface area contributed by atoms with Crippen molar-refractivity contribution in [3.05, 3.63) is 10.6 Å². The molecule has 5 heteroatoms. The van der Waals surface area contributed by atoms with Crippen molar-refractivity contribution in [1.29, 1.82) is 0 Å². The van der Waals surface area contributed by atoms with Gasteiger partial charge in [-0.2, -0.15) is 0 Å². The van der Waals surface area contributed by atoms with Crippen LogP contribution >= 0.6 is 11.5 Å². The molecule has 1 aromatic heterocycles. The summed E-state index contributed by atoms with van der Waals surface area (Å²) in [7, 11) is 0. The van der Waals surface area contributed by atoms with Crippen molar-refractivity contribution in [1.82, 2.24) is 14.9 Å². The fourth-order valence-corrected chi connectivity index (χ4v) is 2.95. The summed E-state index contributed by atoms with van der Waals surface area (Å²) in [6, 6.07) is 0.346. The number of amides is 1. The topological polar surface area (TPSA) is 54.9 Å². The van der Waals surface area contributed by atoms with Crippen molar-refractivity contribution < 1.29 is 4.79 Å². The summed E-state index contributed by atoms with van der Waals surface area (Å²) in [6.45, 7) is 4.07. The first-order chi connectivity index (χ1) is 8.18. The van der Waals surface area contributed by atoms with Gasteiger partial charge in [0.25, 0.3) is 5.91 Å². The van der Waals surface area contributed by atoms with E-state index in [-0.39, 0.29) is 11.8 Å². The summed E-state index contributed by atoms with van der Waals surface area (Å²) in [5.41, 5.74) is 0.823. The number of nitrogens with one attached hydrogen (secondary N) is 1. The van der Waals surface area contributed by atoms with E-state index in [2.05, 4.69) is 14.9 Å². The second-order valence-corrected chi connectivity index (χ2v) is 5.70. The Hall–Kier alpha value is -0.970. The molecule has 1 amide bonds. The van der Waals surface area contributed by atoms with Crippen LogP contribution in [0.5, 0.6) is 0 Å². The van der Waals surface area contributed by atoms with Gasteiger partial charge in [0.2, 0.25) is 0 Å². The van der Waals surface area contributed by atoms with Crippen LogP contribution in [-0.4, -0.2) is 21.5 Å². The molecule has 0 atom stereocenters. The standard InChI is InChI=1S/C12H19N3OS/c1-8(2)10-11(17-15-14-10)12(16)13-9-6-4-3-5-7-9/h8-9H,3-7H2,1-2H3,(H,13,16). The summed E-state index contributed by atoms with van der Waals surface area (Å²) >= 11 is 1.20. The zero-order chi connectivity index (χ0) is 12.3. The highest BCUT2D eigenvalue weighted by atomic mass is 32.1. The van der Waals surface area contributed by atoms with E-state index in [1.165, 1.54) is 30.8 Å². The van der Waals surface area contributed by atoms with Gasteiger partial charge in [-0.1, -0.05) is 37.6 Å². The zero-order valence-corrected chi connectivity index (χ0v) is 11.2. The molecule has 0 bridgehead atoms. The molecule has 0 aromatic carbocycles. The first-order valence-corrected chi connectivity index (χ1v) is 7.09. The Balaban J connectivity index is 2.01. The lowest BCUT2D eigenvalue weighted by Gasteiger charge is -2.22. The van der Waals surface area contributed by atoms with Crippen LogP contribution in [0.1, 0.15) is 67.2 Å². The molecule has 1 heterocycles. The molecule has 1 aromatic rings. The Labute approximate surface area is 106 Å². The van der Waals surface area contributed by atoms with E-state index < -0.39 is 0 Å². The number of hydrogen-bond acceptors (Lipinski definition) is 4. The quantitative estimate of drug-likeness (QED) is 0.901. The van der Waals surface area contributed by atoms with E-state index in [1.54, 1.807) is 0 Å². The molecule has 1 N–H and O–H groups in total. The number of hydrogen-bond donors (Lipinski definition) is 1. The van der Waals surface area contributed by atoms with Crippen molar-refractivity contribution in [3.63, 3.8) is 0 Å². The Kier molecular flexibility index (Phi) is 4.10. The molecule has 0 saturated heterocycles. The third-order valence-corrected chi connectivity index (χ3v) is 3.95. The van der Waals surface area contributed by atoms with Crippen molar-refractivity contribution in [2.75, 3.05) is 0 Å². The van der Waals surface area contributed by atoms with E-state index >= 15 is 0 Å². The minimum absolute atomic E-state index is 0.00981. The van der Waals surface area contributed by atoms with Crippen LogP contribution in [0.15, 0.2) is 0 Å². The molecular weight excluding hydrogens is 234 g/mol. The Morgan fingerprint density at radius 2 is 2.06 bits per heavy atom. The van der Waals surface area contributed by atoms with Crippen LogP contribution in [-0.2, 0) is 0 Å². The maximum atomic E-state index is 12.1. The highest BCUT2D eigenvalue weighted by Gasteiger charge is 2.22. The predicted molar refractivity (Wildman–Crippen MR) is 68.3 cm³/mol. The normalized spacial score (nSPS) is 17.4. The lowest BCUT2D eigenvalue weighted by atomic mass is 9.95. The van der Waals surface area contributed by atoms with E-state index in [4.69, 9.17) is 0 Å². The number of nitrogens with zero attached hydrogens (tertiary/aromatic N) is 2. The highest BCUT2D eigenvalue weighted by molar-refractivity contribution is 7.08. The maximum absolute atomic E-state index is 12.1. The molecule has 0 radical (unpaired) electrons. The molecule has 94 valence electrons. The molecule has 0 spiro atoms. The number of carbonyl (C=O) groups is 1. The van der Waals surface area contributed by atoms with E-state index in [0.717, 1.165) is 18.5 Å². The van der Waals surface area contributed by atoms with Crippen LogP contribution in [0.4, 0.5) is 0 Å². The molecule has 0 unspecified atom stereocenters. The van der Waals surface area contributed by atoms with Gasteiger partial charge < -0.3 is 5.32 Å². The molecule has 1 saturated carbocycles. The fraction of sp³-hybridized carbons (Fsp3) is 0.750. The molecule has 17 heavy (non-hydrogen) atoms. The van der Waals surface area contributed by atoms with Gasteiger partial charge in [-0.15, -0.1) is 5.10 Å². The minimum atomic E-state index is 0.00981. The lowest BCUT2D eigenvalue weighted by Crippen LogP contribution is -2.36. The minimum Gasteiger partial charge on any atom is -0.349 e. The summed E-state index contributed by atoms with van der Waals surface area (Å²) in [6.07, 6.45) is 5.96. The van der Waals surface area contributed by atoms with Crippen LogP contribution < -0.4 is 5.32 Å². The highest BCUT2D eigenvalue weighted by Crippen LogP contribution is 2.21. The van der Waals surface area contributed by atoms with Gasteiger partial charge in [0.05, 0.1) is 5.69 Å². The Morgan fingerprint density at radius 1 is 1.35 bits per heavy atom. The third-order valence-electron chi connectivity index (χ3n) is 3.21. The molecule has 4 nitrogen and oxygen atoms in total. The summed E-state index contributed by atoms with van der Waals surface area (Å²) in [5.74, 6) is 0.261. The number of aromatic nitrogens is 2. The SMILES string of the molecule is CC(C)c1nnsc1C(=O)NC1CCCCC1. The molecule has 2 rings (SSSR count). The summed E-state index contributed by atoms with van der Waals surface area (Å²) in [5, 5.41) is 7.15. The van der Waals surface area contributed by atoms with Crippen LogP contribution in [0.2, 0.25) is 0 Å². The second kappa shape index (κ2) is 5.58. The van der Waals surface area contributed by atoms with Gasteiger partial charge in [0.1, 0.15) is 4.88 Å². The molecule has 1 aliphatic carbocycles. The molecular formula is C12H19N3OS. The number of rotatable bonds is 3. The van der Waals surface area contributed by atoms with Gasteiger partial charge >= 0.3 is 0 Å². The van der Waals surface area contributed by atoms with Gasteiger partial charge in [0, 0.05) is 6.04 Å².